The minimum atomic E-state index is -0.573. The molecule has 0 aromatic heterocycles. The molecular formula is C19H31ClN2O6. The first kappa shape index (κ1) is 24.3. The van der Waals surface area contributed by atoms with Gasteiger partial charge < -0.3 is 29.0 Å². The average molecular weight is 419 g/mol. The van der Waals surface area contributed by atoms with Crippen LogP contribution in [0.2, 0.25) is 0 Å². The lowest BCUT2D eigenvalue weighted by Crippen LogP contribution is -2.51. The Morgan fingerprint density at radius 1 is 1.18 bits per heavy atom. The number of hydrogen-bond donors (Lipinski definition) is 1. The highest BCUT2D eigenvalue weighted by molar-refractivity contribution is 5.85. The van der Waals surface area contributed by atoms with Crippen molar-refractivity contribution in [2.24, 2.45) is 0 Å². The number of nitrogens with zero attached hydrogens (tertiary/aromatic N) is 2. The summed E-state index contributed by atoms with van der Waals surface area (Å²) in [6.45, 7) is 6.41. The zero-order valence-electron chi connectivity index (χ0n) is 16.5. The Morgan fingerprint density at radius 3 is 2.57 bits per heavy atom. The summed E-state index contributed by atoms with van der Waals surface area (Å²) in [7, 11) is 1.61. The van der Waals surface area contributed by atoms with E-state index < -0.39 is 6.10 Å². The van der Waals surface area contributed by atoms with E-state index in [0.717, 1.165) is 24.6 Å². The predicted molar refractivity (Wildman–Crippen MR) is 108 cm³/mol. The Bertz CT molecular complexity index is 569. The normalized spacial score (nSPS) is 15.5. The van der Waals surface area contributed by atoms with Crippen LogP contribution in [0.25, 0.3) is 0 Å². The lowest BCUT2D eigenvalue weighted by atomic mass is 10.3. The maximum atomic E-state index is 11.7. The third-order valence-electron chi connectivity index (χ3n) is 4.22. The molecule has 0 bridgehead atoms. The van der Waals surface area contributed by atoms with Crippen molar-refractivity contribution in [3.63, 3.8) is 0 Å². The average Bonchev–Trinajstić information content (AvgIpc) is 2.68. The quantitative estimate of drug-likeness (QED) is 0.578. The molecule has 1 saturated heterocycles. The lowest BCUT2D eigenvalue weighted by molar-refractivity contribution is -0.000101. The number of amides is 1. The summed E-state index contributed by atoms with van der Waals surface area (Å²) in [5.41, 5.74) is 0. The molecule has 2 rings (SSSR count). The van der Waals surface area contributed by atoms with Crippen LogP contribution in [-0.2, 0) is 9.47 Å². The second-order valence-electron chi connectivity index (χ2n) is 6.24. The van der Waals surface area contributed by atoms with Crippen molar-refractivity contribution in [3.8, 4) is 11.5 Å². The van der Waals surface area contributed by atoms with Crippen LogP contribution in [0.1, 0.15) is 6.92 Å². The molecule has 0 radical (unpaired) electrons. The van der Waals surface area contributed by atoms with Crippen LogP contribution in [0.3, 0.4) is 0 Å². The zero-order valence-corrected chi connectivity index (χ0v) is 17.4. The number of carbonyl (C=O) groups excluding carboxylic acids is 1. The number of methoxy groups -OCH3 is 1. The number of halogens is 1. The molecule has 0 spiro atoms. The van der Waals surface area contributed by atoms with Crippen LogP contribution < -0.4 is 9.47 Å². The van der Waals surface area contributed by atoms with E-state index in [0.29, 0.717) is 39.5 Å². The highest BCUT2D eigenvalue weighted by Gasteiger charge is 2.23. The van der Waals surface area contributed by atoms with Gasteiger partial charge in [0.15, 0.2) is 0 Å². The summed E-state index contributed by atoms with van der Waals surface area (Å²) < 4.78 is 21.2. The molecule has 160 valence electrons. The third kappa shape index (κ3) is 8.52. The Morgan fingerprint density at radius 2 is 1.89 bits per heavy atom. The molecule has 1 fully saturated rings. The minimum absolute atomic E-state index is 0. The van der Waals surface area contributed by atoms with E-state index in [9.17, 15) is 9.90 Å². The summed E-state index contributed by atoms with van der Waals surface area (Å²) in [6.07, 6.45) is -0.840. The second-order valence-corrected chi connectivity index (χ2v) is 6.24. The van der Waals surface area contributed by atoms with Gasteiger partial charge in [0.1, 0.15) is 18.1 Å². The van der Waals surface area contributed by atoms with Crippen molar-refractivity contribution in [3.05, 3.63) is 24.3 Å². The number of hydrogen-bond acceptors (Lipinski definition) is 7. The van der Waals surface area contributed by atoms with Crippen molar-refractivity contribution in [2.75, 3.05) is 66.3 Å². The topological polar surface area (TPSA) is 80.7 Å². The molecule has 1 aromatic carbocycles. The molecule has 1 aliphatic rings. The van der Waals surface area contributed by atoms with E-state index in [2.05, 4.69) is 4.90 Å². The van der Waals surface area contributed by atoms with E-state index in [-0.39, 0.29) is 25.1 Å². The van der Waals surface area contributed by atoms with Gasteiger partial charge in [0.2, 0.25) is 0 Å². The van der Waals surface area contributed by atoms with Crippen LogP contribution >= 0.6 is 12.4 Å². The van der Waals surface area contributed by atoms with Crippen LogP contribution in [0.5, 0.6) is 11.5 Å². The molecule has 1 heterocycles. The van der Waals surface area contributed by atoms with E-state index in [1.165, 1.54) is 0 Å². The van der Waals surface area contributed by atoms with E-state index >= 15 is 0 Å². The number of β-amino-alcohol motifs (C(OH)–C–C–N with tert-alkyl or cyclic N) is 1. The molecule has 1 unspecified atom stereocenters. The maximum Gasteiger partial charge on any atom is 0.409 e. The monoisotopic (exact) mass is 418 g/mol. The number of piperazine rings is 1. The summed E-state index contributed by atoms with van der Waals surface area (Å²) in [6, 6.07) is 7.38. The predicted octanol–water partition coefficient (Wildman–Crippen LogP) is 1.65. The molecular weight excluding hydrogens is 388 g/mol. The molecule has 0 aliphatic carbocycles. The summed E-state index contributed by atoms with van der Waals surface area (Å²) in [4.78, 5) is 15.5. The maximum absolute atomic E-state index is 11.7. The number of aliphatic hydroxyl groups excluding tert-OH is 1. The smallest absolute Gasteiger partial charge is 0.409 e. The van der Waals surface area contributed by atoms with Crippen LogP contribution in [0.15, 0.2) is 24.3 Å². The van der Waals surface area contributed by atoms with E-state index in [1.54, 1.807) is 18.9 Å². The highest BCUT2D eigenvalue weighted by atomic mass is 35.5. The SMILES string of the molecule is CCOC(=O)N1CCN(CC(O)COCCOc2cccc(OC)c2)CC1.Cl. The second kappa shape index (κ2) is 13.4. The van der Waals surface area contributed by atoms with Crippen LogP contribution in [0.4, 0.5) is 4.79 Å². The molecule has 1 N–H and O–H groups in total. The standard InChI is InChI=1S/C19H30N2O6.ClH/c1-3-26-19(23)21-9-7-20(8-10-21)14-16(22)15-25-11-12-27-18-6-4-5-17(13-18)24-2;/h4-6,13,16,22H,3,7-12,14-15H2,1-2H3;1H. The molecule has 0 saturated carbocycles. The van der Waals surface area contributed by atoms with Crippen molar-refractivity contribution < 1.29 is 28.8 Å². The van der Waals surface area contributed by atoms with Gasteiger partial charge in [-0.15, -0.1) is 12.4 Å². The highest BCUT2D eigenvalue weighted by Crippen LogP contribution is 2.18. The minimum Gasteiger partial charge on any atom is -0.497 e. The largest absolute Gasteiger partial charge is 0.497 e. The van der Waals surface area contributed by atoms with Gasteiger partial charge in [-0.25, -0.2) is 4.79 Å². The fraction of sp³-hybridized carbons (Fsp3) is 0.632. The molecule has 28 heavy (non-hydrogen) atoms. The third-order valence-corrected chi connectivity index (χ3v) is 4.22. The Balaban J connectivity index is 0.00000392. The number of aliphatic hydroxyl groups is 1. The van der Waals surface area contributed by atoms with Gasteiger partial charge in [0.05, 0.1) is 33.0 Å². The van der Waals surface area contributed by atoms with Crippen LogP contribution in [0, 0.1) is 0 Å². The molecule has 1 aromatic rings. The zero-order chi connectivity index (χ0) is 19.5. The molecule has 1 aliphatic heterocycles. The van der Waals surface area contributed by atoms with Gasteiger partial charge in [-0.05, 0) is 19.1 Å². The summed E-state index contributed by atoms with van der Waals surface area (Å²) in [5, 5.41) is 10.1. The van der Waals surface area contributed by atoms with E-state index in [4.69, 9.17) is 18.9 Å². The fourth-order valence-corrected chi connectivity index (χ4v) is 2.81. The number of benzene rings is 1. The number of carbonyl (C=O) groups is 1. The molecule has 8 nitrogen and oxygen atoms in total. The lowest BCUT2D eigenvalue weighted by Gasteiger charge is -2.34. The molecule has 1 amide bonds. The summed E-state index contributed by atoms with van der Waals surface area (Å²) >= 11 is 0. The van der Waals surface area contributed by atoms with Gasteiger partial charge in [0.25, 0.3) is 0 Å². The van der Waals surface area contributed by atoms with Crippen molar-refractivity contribution in [1.29, 1.82) is 0 Å². The molecule has 1 atom stereocenters. The Labute approximate surface area is 172 Å². The van der Waals surface area contributed by atoms with Gasteiger partial charge in [-0.1, -0.05) is 6.07 Å². The van der Waals surface area contributed by atoms with Crippen molar-refractivity contribution >= 4 is 18.5 Å². The van der Waals surface area contributed by atoms with Gasteiger partial charge in [-0.3, -0.25) is 4.90 Å². The summed E-state index contributed by atoms with van der Waals surface area (Å²) in [5.74, 6) is 1.46. The first-order valence-electron chi connectivity index (χ1n) is 9.29. The van der Waals surface area contributed by atoms with Crippen LogP contribution in [-0.4, -0.2) is 93.4 Å². The number of ether oxygens (including phenoxy) is 4. The van der Waals surface area contributed by atoms with Gasteiger partial charge in [-0.2, -0.15) is 0 Å². The van der Waals surface area contributed by atoms with Crippen molar-refractivity contribution in [2.45, 2.75) is 13.0 Å². The Kier molecular flexibility index (Phi) is 11.7. The molecule has 9 heteroatoms. The Hall–Kier alpha value is -1.74. The van der Waals surface area contributed by atoms with Gasteiger partial charge >= 0.3 is 6.09 Å². The first-order valence-corrected chi connectivity index (χ1v) is 9.29. The van der Waals surface area contributed by atoms with E-state index in [1.807, 2.05) is 24.3 Å². The fourth-order valence-electron chi connectivity index (χ4n) is 2.81. The van der Waals surface area contributed by atoms with Crippen molar-refractivity contribution in [1.82, 2.24) is 9.80 Å². The van der Waals surface area contributed by atoms with Gasteiger partial charge in [0, 0.05) is 38.8 Å². The number of rotatable bonds is 10. The first-order chi connectivity index (χ1) is 13.1.